The summed E-state index contributed by atoms with van der Waals surface area (Å²) >= 11 is 10.00. The number of nitrogens with one attached hydrogen (secondary N) is 1. The van der Waals surface area contributed by atoms with Crippen molar-refractivity contribution < 1.29 is 18.3 Å². The van der Waals surface area contributed by atoms with E-state index in [2.05, 4.69) is 20.7 Å². The number of hydrogen-bond acceptors (Lipinski definition) is 4. The summed E-state index contributed by atoms with van der Waals surface area (Å²) in [4.78, 5) is 10.3. The molecule has 5 nitrogen and oxygen atoms in total. The third-order valence-electron chi connectivity index (χ3n) is 2.25. The Kier molecular flexibility index (Phi) is 6.75. The van der Waals surface area contributed by atoms with Gasteiger partial charge in [-0.15, -0.1) is 11.3 Å². The maximum atomic E-state index is 11.9. The van der Waals surface area contributed by atoms with Crippen molar-refractivity contribution in [1.82, 2.24) is 4.72 Å². The number of sulfonamides is 1. The molecule has 9 heteroatoms. The molecule has 19 heavy (non-hydrogen) atoms. The first-order chi connectivity index (χ1) is 8.83. The van der Waals surface area contributed by atoms with Crippen molar-refractivity contribution in [3.63, 3.8) is 0 Å². The Morgan fingerprint density at radius 1 is 1.42 bits per heavy atom. The minimum absolute atomic E-state index is 0.111. The van der Waals surface area contributed by atoms with Crippen molar-refractivity contribution in [2.45, 2.75) is 29.9 Å². The number of unbranched alkanes of at least 4 members (excludes halogenated alkanes) is 2. The van der Waals surface area contributed by atoms with E-state index in [-0.39, 0.29) is 17.2 Å². The summed E-state index contributed by atoms with van der Waals surface area (Å²) in [7, 11) is -3.53. The standard InChI is InChI=1S/C10H13BrClNO4S2/c11-10-7(12)6-9(18-10)19(16,17)13-5-3-1-2-4-8(14)15/h6,13H,1-5H2,(H,14,15). The molecule has 0 fully saturated rings. The van der Waals surface area contributed by atoms with Crippen LogP contribution in [0.25, 0.3) is 0 Å². The van der Waals surface area contributed by atoms with Crippen LogP contribution in [0.3, 0.4) is 0 Å². The highest BCUT2D eigenvalue weighted by Gasteiger charge is 2.18. The molecule has 0 aliphatic rings. The zero-order valence-corrected chi connectivity index (χ0v) is 13.8. The van der Waals surface area contributed by atoms with Crippen LogP contribution < -0.4 is 4.72 Å². The summed E-state index contributed by atoms with van der Waals surface area (Å²) in [6, 6.07) is 1.39. The van der Waals surface area contributed by atoms with Crippen LogP contribution in [-0.4, -0.2) is 26.0 Å². The van der Waals surface area contributed by atoms with Crippen LogP contribution in [0.1, 0.15) is 25.7 Å². The molecule has 1 rings (SSSR count). The number of rotatable bonds is 8. The van der Waals surface area contributed by atoms with E-state index in [4.69, 9.17) is 16.7 Å². The monoisotopic (exact) mass is 389 g/mol. The molecule has 0 aliphatic heterocycles. The summed E-state index contributed by atoms with van der Waals surface area (Å²) in [6.45, 7) is 0.287. The highest BCUT2D eigenvalue weighted by atomic mass is 79.9. The SMILES string of the molecule is O=C(O)CCCCCNS(=O)(=O)c1cc(Cl)c(Br)s1. The van der Waals surface area contributed by atoms with Crippen LogP contribution in [0.2, 0.25) is 5.02 Å². The Morgan fingerprint density at radius 3 is 2.63 bits per heavy atom. The van der Waals surface area contributed by atoms with Gasteiger partial charge in [0, 0.05) is 13.0 Å². The Hall–Kier alpha value is -0.150. The zero-order valence-electron chi connectivity index (χ0n) is 9.86. The molecule has 108 valence electrons. The van der Waals surface area contributed by atoms with E-state index in [0.29, 0.717) is 28.1 Å². The number of carbonyl (C=O) groups is 1. The van der Waals surface area contributed by atoms with E-state index in [1.54, 1.807) is 0 Å². The fourth-order valence-corrected chi connectivity index (χ4v) is 4.83. The average molecular weight is 391 g/mol. The minimum atomic E-state index is -3.53. The molecule has 0 amide bonds. The van der Waals surface area contributed by atoms with E-state index < -0.39 is 16.0 Å². The van der Waals surface area contributed by atoms with Gasteiger partial charge >= 0.3 is 5.97 Å². The first kappa shape index (κ1) is 16.9. The van der Waals surface area contributed by atoms with E-state index >= 15 is 0 Å². The largest absolute Gasteiger partial charge is 0.481 e. The summed E-state index contributed by atoms with van der Waals surface area (Å²) in [5, 5.41) is 8.82. The number of hydrogen-bond donors (Lipinski definition) is 2. The van der Waals surface area contributed by atoms with Crippen molar-refractivity contribution in [3.8, 4) is 0 Å². The van der Waals surface area contributed by atoms with Gasteiger partial charge in [0.05, 0.1) is 8.81 Å². The van der Waals surface area contributed by atoms with E-state index in [1.165, 1.54) is 6.07 Å². The normalized spacial score (nSPS) is 11.7. The minimum Gasteiger partial charge on any atom is -0.481 e. The highest BCUT2D eigenvalue weighted by Crippen LogP contribution is 2.34. The molecule has 0 unspecified atom stereocenters. The van der Waals surface area contributed by atoms with Crippen LogP contribution >= 0.6 is 38.9 Å². The van der Waals surface area contributed by atoms with Gasteiger partial charge in [-0.05, 0) is 34.8 Å². The third-order valence-corrected chi connectivity index (χ3v) is 6.66. The van der Waals surface area contributed by atoms with Gasteiger partial charge in [-0.25, -0.2) is 13.1 Å². The fraction of sp³-hybridized carbons (Fsp3) is 0.500. The Bertz CT molecular complexity index is 524. The molecule has 0 aliphatic carbocycles. The summed E-state index contributed by atoms with van der Waals surface area (Å²) in [5.41, 5.74) is 0. The molecule has 0 aromatic carbocycles. The van der Waals surface area contributed by atoms with Gasteiger partial charge in [-0.1, -0.05) is 18.0 Å². The molecule has 1 aromatic rings. The average Bonchev–Trinajstić information content (AvgIpc) is 2.64. The van der Waals surface area contributed by atoms with E-state index in [1.807, 2.05) is 0 Å². The van der Waals surface area contributed by atoms with Gasteiger partial charge < -0.3 is 5.11 Å². The molecular weight excluding hydrogens is 378 g/mol. The number of aliphatic carboxylic acids is 1. The van der Waals surface area contributed by atoms with E-state index in [9.17, 15) is 13.2 Å². The number of halogens is 2. The lowest BCUT2D eigenvalue weighted by Crippen LogP contribution is -2.24. The Balaban J connectivity index is 2.37. The summed E-state index contributed by atoms with van der Waals surface area (Å²) in [5.74, 6) is -0.835. The van der Waals surface area contributed by atoms with Gasteiger partial charge in [0.25, 0.3) is 0 Å². The molecule has 0 saturated heterocycles. The molecule has 1 aromatic heterocycles. The molecule has 0 radical (unpaired) electrons. The lowest BCUT2D eigenvalue weighted by atomic mass is 10.2. The maximum Gasteiger partial charge on any atom is 0.303 e. The van der Waals surface area contributed by atoms with Gasteiger partial charge in [0.15, 0.2) is 0 Å². The van der Waals surface area contributed by atoms with Gasteiger partial charge in [0.1, 0.15) is 4.21 Å². The highest BCUT2D eigenvalue weighted by molar-refractivity contribution is 9.11. The van der Waals surface area contributed by atoms with Crippen LogP contribution in [0.15, 0.2) is 14.1 Å². The van der Waals surface area contributed by atoms with Crippen molar-refractivity contribution in [1.29, 1.82) is 0 Å². The number of carboxylic acids is 1. The first-order valence-electron chi connectivity index (χ1n) is 5.49. The second-order valence-corrected chi connectivity index (χ2v) is 8.56. The number of carboxylic acid groups (broad SMARTS) is 1. The topological polar surface area (TPSA) is 83.5 Å². The third kappa shape index (κ3) is 5.78. The zero-order chi connectivity index (χ0) is 14.5. The lowest BCUT2D eigenvalue weighted by Gasteiger charge is -2.04. The van der Waals surface area contributed by atoms with Gasteiger partial charge in [-0.3, -0.25) is 4.79 Å². The predicted octanol–water partition coefficient (Wildman–Crippen LogP) is 3.09. The Morgan fingerprint density at radius 2 is 2.11 bits per heavy atom. The smallest absolute Gasteiger partial charge is 0.303 e. The fourth-order valence-electron chi connectivity index (χ4n) is 1.31. The van der Waals surface area contributed by atoms with Crippen LogP contribution in [0, 0.1) is 0 Å². The summed E-state index contributed by atoms with van der Waals surface area (Å²) < 4.78 is 26.9. The van der Waals surface area contributed by atoms with E-state index in [0.717, 1.165) is 11.3 Å². The second kappa shape index (κ2) is 7.58. The lowest BCUT2D eigenvalue weighted by molar-refractivity contribution is -0.137. The van der Waals surface area contributed by atoms with Crippen LogP contribution in [-0.2, 0) is 14.8 Å². The van der Waals surface area contributed by atoms with Crippen molar-refractivity contribution in [2.75, 3.05) is 6.54 Å². The predicted molar refractivity (Wildman–Crippen MR) is 78.3 cm³/mol. The molecule has 1 heterocycles. The van der Waals surface area contributed by atoms with Crippen LogP contribution in [0.5, 0.6) is 0 Å². The van der Waals surface area contributed by atoms with Crippen molar-refractivity contribution in [2.24, 2.45) is 0 Å². The molecule has 0 saturated carbocycles. The first-order valence-corrected chi connectivity index (χ1v) is 8.96. The quantitative estimate of drug-likeness (QED) is 0.668. The molecule has 0 bridgehead atoms. The molecule has 2 N–H and O–H groups in total. The second-order valence-electron chi connectivity index (χ2n) is 3.79. The van der Waals surface area contributed by atoms with Crippen molar-refractivity contribution in [3.05, 3.63) is 14.9 Å². The van der Waals surface area contributed by atoms with Gasteiger partial charge in [0.2, 0.25) is 10.0 Å². The molecule has 0 spiro atoms. The van der Waals surface area contributed by atoms with Crippen LogP contribution in [0.4, 0.5) is 0 Å². The summed E-state index contributed by atoms with van der Waals surface area (Å²) in [6.07, 6.45) is 1.93. The van der Waals surface area contributed by atoms with Crippen molar-refractivity contribution >= 4 is 54.9 Å². The maximum absolute atomic E-state index is 11.9. The number of thiophene rings is 1. The molecular formula is C10H13BrClNO4S2. The molecule has 0 atom stereocenters. The Labute approximate surface area is 129 Å². The van der Waals surface area contributed by atoms with Gasteiger partial charge in [-0.2, -0.15) is 0 Å².